The van der Waals surface area contributed by atoms with Crippen molar-refractivity contribution in [3.05, 3.63) is 0 Å². The highest BCUT2D eigenvalue weighted by Crippen LogP contribution is 2.12. The van der Waals surface area contributed by atoms with E-state index in [1.807, 2.05) is 0 Å². The zero-order chi connectivity index (χ0) is 6.91. The van der Waals surface area contributed by atoms with Gasteiger partial charge in [0.1, 0.15) is 5.72 Å². The molecule has 0 aromatic carbocycles. The van der Waals surface area contributed by atoms with E-state index >= 15 is 0 Å². The number of hydrogen-bond donors (Lipinski definition) is 1. The molecule has 0 spiro atoms. The van der Waals surface area contributed by atoms with Gasteiger partial charge >= 0.3 is 0 Å². The second kappa shape index (κ2) is 2.27. The van der Waals surface area contributed by atoms with Gasteiger partial charge in [0, 0.05) is 6.54 Å². The lowest BCUT2D eigenvalue weighted by Crippen LogP contribution is -2.49. The first-order valence-electron chi connectivity index (χ1n) is 3.49. The Labute approximate surface area is 56.6 Å². The zero-order valence-electron chi connectivity index (χ0n) is 6.40. The SMILES string of the molecule is CC1CNC(C)(C)OC1. The van der Waals surface area contributed by atoms with Crippen LogP contribution in [0.5, 0.6) is 0 Å². The predicted octanol–water partition coefficient (Wildman–Crippen LogP) is 0.978. The fraction of sp³-hybridized carbons (Fsp3) is 1.00. The van der Waals surface area contributed by atoms with E-state index in [0.29, 0.717) is 5.92 Å². The second-order valence-electron chi connectivity index (χ2n) is 3.31. The molecule has 1 aliphatic rings. The van der Waals surface area contributed by atoms with Crippen LogP contribution in [0.1, 0.15) is 20.8 Å². The van der Waals surface area contributed by atoms with Crippen molar-refractivity contribution in [2.24, 2.45) is 5.92 Å². The Kier molecular flexibility index (Phi) is 1.78. The molecule has 1 saturated heterocycles. The van der Waals surface area contributed by atoms with Crippen LogP contribution in [0.25, 0.3) is 0 Å². The minimum absolute atomic E-state index is 0.0908. The van der Waals surface area contributed by atoms with Gasteiger partial charge in [-0.05, 0) is 19.8 Å². The number of rotatable bonds is 0. The van der Waals surface area contributed by atoms with E-state index in [9.17, 15) is 0 Å². The summed E-state index contributed by atoms with van der Waals surface area (Å²) in [6, 6.07) is 0. The van der Waals surface area contributed by atoms with Crippen molar-refractivity contribution < 1.29 is 4.74 Å². The Bertz CT molecular complexity index is 91.1. The van der Waals surface area contributed by atoms with Crippen LogP contribution in [0.4, 0.5) is 0 Å². The fourth-order valence-corrected chi connectivity index (χ4v) is 0.881. The normalized spacial score (nSPS) is 34.3. The van der Waals surface area contributed by atoms with E-state index < -0.39 is 0 Å². The molecule has 0 bridgehead atoms. The summed E-state index contributed by atoms with van der Waals surface area (Å²) in [5.74, 6) is 0.665. The number of hydrogen-bond acceptors (Lipinski definition) is 2. The Balaban J connectivity index is 2.35. The van der Waals surface area contributed by atoms with Gasteiger partial charge in [-0.3, -0.25) is 5.32 Å². The van der Waals surface area contributed by atoms with Crippen LogP contribution in [0, 0.1) is 5.92 Å². The van der Waals surface area contributed by atoms with E-state index in [0.717, 1.165) is 13.2 Å². The van der Waals surface area contributed by atoms with Crippen LogP contribution in [-0.4, -0.2) is 18.9 Å². The highest BCUT2D eigenvalue weighted by atomic mass is 16.5. The van der Waals surface area contributed by atoms with Gasteiger partial charge in [-0.15, -0.1) is 0 Å². The molecule has 0 aliphatic carbocycles. The van der Waals surface area contributed by atoms with Crippen molar-refractivity contribution in [2.75, 3.05) is 13.2 Å². The maximum atomic E-state index is 5.47. The van der Waals surface area contributed by atoms with Crippen molar-refractivity contribution in [1.29, 1.82) is 0 Å². The average Bonchev–Trinajstić information content (AvgIpc) is 1.78. The highest BCUT2D eigenvalue weighted by Gasteiger charge is 2.23. The predicted molar refractivity (Wildman–Crippen MR) is 37.2 cm³/mol. The summed E-state index contributed by atoms with van der Waals surface area (Å²) in [7, 11) is 0. The standard InChI is InChI=1S/C7H15NO/c1-6-4-8-7(2,3)9-5-6/h6,8H,4-5H2,1-3H3. The summed E-state index contributed by atoms with van der Waals surface area (Å²) in [6.07, 6.45) is 0. The minimum atomic E-state index is -0.0908. The van der Waals surface area contributed by atoms with Crippen molar-refractivity contribution in [2.45, 2.75) is 26.5 Å². The lowest BCUT2D eigenvalue weighted by Gasteiger charge is -2.34. The molecule has 1 aliphatic heterocycles. The van der Waals surface area contributed by atoms with Gasteiger partial charge in [0.05, 0.1) is 6.61 Å². The molecule has 0 radical (unpaired) electrons. The fourth-order valence-electron chi connectivity index (χ4n) is 0.881. The highest BCUT2D eigenvalue weighted by molar-refractivity contribution is 4.73. The van der Waals surface area contributed by atoms with Gasteiger partial charge in [-0.2, -0.15) is 0 Å². The summed E-state index contributed by atoms with van der Waals surface area (Å²) in [5, 5.41) is 3.29. The third kappa shape index (κ3) is 1.95. The third-order valence-corrected chi connectivity index (χ3v) is 1.60. The molecule has 1 heterocycles. The summed E-state index contributed by atoms with van der Waals surface area (Å²) in [6.45, 7) is 8.26. The van der Waals surface area contributed by atoms with E-state index in [1.54, 1.807) is 0 Å². The average molecular weight is 129 g/mol. The molecular weight excluding hydrogens is 114 g/mol. The van der Waals surface area contributed by atoms with Crippen molar-refractivity contribution in [3.63, 3.8) is 0 Å². The monoisotopic (exact) mass is 129 g/mol. The van der Waals surface area contributed by atoms with Gasteiger partial charge < -0.3 is 4.74 Å². The Morgan fingerprint density at radius 2 is 2.22 bits per heavy atom. The van der Waals surface area contributed by atoms with Gasteiger partial charge in [0.2, 0.25) is 0 Å². The van der Waals surface area contributed by atoms with Gasteiger partial charge in [-0.1, -0.05) is 6.92 Å². The summed E-state index contributed by atoms with van der Waals surface area (Å²) >= 11 is 0. The van der Waals surface area contributed by atoms with E-state index in [4.69, 9.17) is 4.74 Å². The van der Waals surface area contributed by atoms with Gasteiger partial charge in [0.25, 0.3) is 0 Å². The molecular formula is C7H15NO. The quantitative estimate of drug-likeness (QED) is 0.526. The first-order valence-corrected chi connectivity index (χ1v) is 3.49. The van der Waals surface area contributed by atoms with Gasteiger partial charge in [-0.25, -0.2) is 0 Å². The lowest BCUT2D eigenvalue weighted by atomic mass is 10.1. The largest absolute Gasteiger partial charge is 0.361 e. The molecule has 1 rings (SSSR count). The van der Waals surface area contributed by atoms with Crippen molar-refractivity contribution in [3.8, 4) is 0 Å². The first-order chi connectivity index (χ1) is 4.10. The van der Waals surface area contributed by atoms with Crippen LogP contribution in [0.15, 0.2) is 0 Å². The van der Waals surface area contributed by atoms with Crippen LogP contribution < -0.4 is 5.32 Å². The molecule has 0 amide bonds. The molecule has 1 atom stereocenters. The third-order valence-electron chi connectivity index (χ3n) is 1.60. The Hall–Kier alpha value is -0.0800. The molecule has 2 heteroatoms. The van der Waals surface area contributed by atoms with E-state index in [2.05, 4.69) is 26.1 Å². The summed E-state index contributed by atoms with van der Waals surface area (Å²) in [5.41, 5.74) is -0.0908. The second-order valence-corrected chi connectivity index (χ2v) is 3.31. The van der Waals surface area contributed by atoms with Crippen LogP contribution in [-0.2, 0) is 4.74 Å². The van der Waals surface area contributed by atoms with Gasteiger partial charge in [0.15, 0.2) is 0 Å². The topological polar surface area (TPSA) is 21.3 Å². The van der Waals surface area contributed by atoms with Crippen LogP contribution >= 0.6 is 0 Å². The van der Waals surface area contributed by atoms with Crippen LogP contribution in [0.2, 0.25) is 0 Å². The lowest BCUT2D eigenvalue weighted by molar-refractivity contribution is -0.0876. The van der Waals surface area contributed by atoms with E-state index in [1.165, 1.54) is 0 Å². The molecule has 0 aromatic heterocycles. The molecule has 2 nitrogen and oxygen atoms in total. The Morgan fingerprint density at radius 1 is 1.56 bits per heavy atom. The number of ether oxygens (including phenoxy) is 1. The van der Waals surface area contributed by atoms with Crippen molar-refractivity contribution in [1.82, 2.24) is 5.32 Å². The van der Waals surface area contributed by atoms with E-state index in [-0.39, 0.29) is 5.72 Å². The zero-order valence-corrected chi connectivity index (χ0v) is 6.40. The first kappa shape index (κ1) is 7.03. The molecule has 1 N–H and O–H groups in total. The molecule has 0 saturated carbocycles. The Morgan fingerprint density at radius 3 is 2.56 bits per heavy atom. The molecule has 9 heavy (non-hydrogen) atoms. The van der Waals surface area contributed by atoms with Crippen molar-refractivity contribution >= 4 is 0 Å². The molecule has 1 unspecified atom stereocenters. The molecule has 0 aromatic rings. The number of nitrogens with one attached hydrogen (secondary N) is 1. The summed E-state index contributed by atoms with van der Waals surface area (Å²) < 4.78 is 5.47. The minimum Gasteiger partial charge on any atom is -0.361 e. The summed E-state index contributed by atoms with van der Waals surface area (Å²) in [4.78, 5) is 0. The molecule has 54 valence electrons. The van der Waals surface area contributed by atoms with Crippen LogP contribution in [0.3, 0.4) is 0 Å². The maximum absolute atomic E-state index is 5.47. The smallest absolute Gasteiger partial charge is 0.113 e. The maximum Gasteiger partial charge on any atom is 0.113 e. The molecule has 1 fully saturated rings.